The Kier molecular flexibility index (Phi) is 34.5. The molecule has 0 amide bonds. The fourth-order valence-electron chi connectivity index (χ4n) is 7.46. The number of hydrogen-bond acceptors (Lipinski definition) is 3. The molecule has 0 bridgehead atoms. The van der Waals surface area contributed by atoms with E-state index in [2.05, 4.69) is 26.8 Å². The fraction of sp³-hybridized carbons (Fsp3) is 0.867. The van der Waals surface area contributed by atoms with Gasteiger partial charge in [-0.2, -0.15) is 8.42 Å². The Labute approximate surface area is 329 Å². The van der Waals surface area contributed by atoms with Gasteiger partial charge in [0.2, 0.25) is 0 Å². The molecular formula is C45H84O3STi. The molecule has 0 unspecified atom stereocenters. The van der Waals surface area contributed by atoms with E-state index in [1.807, 2.05) is 19.9 Å². The monoisotopic (exact) mass is 753 g/mol. The first-order chi connectivity index (χ1) is 23.9. The van der Waals surface area contributed by atoms with Crippen molar-refractivity contribution < 1.29 is 34.3 Å². The van der Waals surface area contributed by atoms with Crippen LogP contribution in [0.25, 0.3) is 0 Å². The largest absolute Gasteiger partial charge is 0.297 e. The van der Waals surface area contributed by atoms with Crippen LogP contribution in [0.3, 0.4) is 0 Å². The van der Waals surface area contributed by atoms with Gasteiger partial charge in [-0.1, -0.05) is 200 Å². The normalized spacial score (nSPS) is 11.8. The van der Waals surface area contributed by atoms with Gasteiger partial charge in [-0.15, -0.1) is 0 Å². The van der Waals surface area contributed by atoms with Crippen LogP contribution in [-0.4, -0.2) is 14.5 Å². The Hall–Kier alpha value is -0.156. The maximum atomic E-state index is 13.6. The van der Waals surface area contributed by atoms with Crippen molar-refractivity contribution in [2.24, 2.45) is 0 Å². The average Bonchev–Trinajstić information content (AvgIpc) is 3.07. The molecule has 50 heavy (non-hydrogen) atoms. The number of unbranched alkanes of at least 4 members (excludes halogenated alkanes) is 27. The average molecular weight is 753 g/mol. The van der Waals surface area contributed by atoms with E-state index < -0.39 is 10.1 Å². The maximum absolute atomic E-state index is 13.6. The van der Waals surface area contributed by atoms with Crippen molar-refractivity contribution in [3.8, 4) is 0 Å². The Morgan fingerprint density at radius 2 is 0.740 bits per heavy atom. The van der Waals surface area contributed by atoms with Gasteiger partial charge in [0, 0.05) is 21.7 Å². The van der Waals surface area contributed by atoms with Crippen molar-refractivity contribution in [2.45, 2.75) is 258 Å². The first-order valence-corrected chi connectivity index (χ1v) is 23.3. The zero-order valence-electron chi connectivity index (χ0n) is 34.2. The molecule has 0 aliphatic carbocycles. The van der Waals surface area contributed by atoms with Crippen LogP contribution < -0.4 is 0 Å². The predicted octanol–water partition coefficient (Wildman–Crippen LogP) is 15.2. The molecule has 5 heteroatoms. The summed E-state index contributed by atoms with van der Waals surface area (Å²) in [5.74, 6) is 0. The molecule has 0 spiro atoms. The molecule has 0 N–H and O–H groups in total. The van der Waals surface area contributed by atoms with E-state index in [0.717, 1.165) is 37.7 Å². The fourth-order valence-corrected chi connectivity index (χ4v) is 8.83. The van der Waals surface area contributed by atoms with Crippen molar-refractivity contribution in [1.29, 1.82) is 0 Å². The molecule has 0 fully saturated rings. The third-order valence-electron chi connectivity index (χ3n) is 10.4. The summed E-state index contributed by atoms with van der Waals surface area (Å²) in [7, 11) is -3.79. The molecule has 0 radical (unpaired) electrons. The molecule has 292 valence electrons. The van der Waals surface area contributed by atoms with Crippen molar-refractivity contribution in [3.63, 3.8) is 0 Å². The molecule has 0 aliphatic rings. The molecule has 0 aliphatic heterocycles. The molecule has 0 saturated carbocycles. The first-order valence-electron chi connectivity index (χ1n) is 21.9. The minimum absolute atomic E-state index is 0. The summed E-state index contributed by atoms with van der Waals surface area (Å²) in [6.07, 6.45) is 42.1. The topological polar surface area (TPSA) is 43.4 Å². The second-order valence-corrected chi connectivity index (χ2v) is 17.1. The van der Waals surface area contributed by atoms with Gasteiger partial charge in [0.05, 0.1) is 11.0 Å². The van der Waals surface area contributed by atoms with E-state index in [1.54, 1.807) is 0 Å². The summed E-state index contributed by atoms with van der Waals surface area (Å²) >= 11 is 0. The number of rotatable bonds is 36. The minimum atomic E-state index is -3.79. The standard InChI is InChI=1S/C45H84O3S.Ti/c1-6-9-12-15-18-21-24-27-30-33-36-42-39-40-45(49(46,47)48-41(4)5)44(38-35-32-29-26-23-20-17-14-11-8-3)43(42)37-34-31-28-25-22-19-16-13-10-7-2;/h39-41H,6-38H2,1-5H3;. The van der Waals surface area contributed by atoms with E-state index >= 15 is 0 Å². The summed E-state index contributed by atoms with van der Waals surface area (Å²) in [4.78, 5) is 0.450. The zero-order valence-corrected chi connectivity index (χ0v) is 36.6. The molecule has 0 heterocycles. The molecular weight excluding hydrogens is 668 g/mol. The summed E-state index contributed by atoms with van der Waals surface area (Å²) in [5.41, 5.74) is 3.83. The van der Waals surface area contributed by atoms with Crippen molar-refractivity contribution >= 4 is 10.1 Å². The quantitative estimate of drug-likeness (QED) is 0.0389. The Morgan fingerprint density at radius 1 is 0.440 bits per heavy atom. The second-order valence-electron chi connectivity index (χ2n) is 15.6. The minimum Gasteiger partial charge on any atom is -0.264 e. The van der Waals surface area contributed by atoms with Crippen molar-refractivity contribution in [1.82, 2.24) is 0 Å². The van der Waals surface area contributed by atoms with E-state index in [1.165, 1.54) is 191 Å². The van der Waals surface area contributed by atoms with Crippen LogP contribution in [0.5, 0.6) is 0 Å². The van der Waals surface area contributed by atoms with Crippen LogP contribution in [0.2, 0.25) is 0 Å². The summed E-state index contributed by atoms with van der Waals surface area (Å²) in [6.45, 7) is 10.5. The molecule has 3 nitrogen and oxygen atoms in total. The molecule has 1 aromatic carbocycles. The third-order valence-corrected chi connectivity index (χ3v) is 12.0. The van der Waals surface area contributed by atoms with E-state index in [0.29, 0.717) is 4.90 Å². The van der Waals surface area contributed by atoms with E-state index in [9.17, 15) is 8.42 Å². The van der Waals surface area contributed by atoms with E-state index in [-0.39, 0.29) is 27.8 Å². The van der Waals surface area contributed by atoms with Crippen LogP contribution >= 0.6 is 0 Å². The second kappa shape index (κ2) is 34.6. The molecule has 1 aromatic rings. The third kappa shape index (κ3) is 25.8. The Bertz CT molecular complexity index is 990. The van der Waals surface area contributed by atoms with Gasteiger partial charge in [-0.25, -0.2) is 0 Å². The SMILES string of the molecule is CCCCCCCCCCCCc1ccc(S(=O)(=O)OC(C)C)c(CCCCCCCCCCCC)c1CCCCCCCCCCCC.[Ti]. The predicted molar refractivity (Wildman–Crippen MR) is 216 cm³/mol. The smallest absolute Gasteiger partial charge is 0.264 e. The summed E-state index contributed by atoms with van der Waals surface area (Å²) in [5, 5.41) is 0. The maximum Gasteiger partial charge on any atom is 0.297 e. The van der Waals surface area contributed by atoms with Gasteiger partial charge in [0.15, 0.2) is 0 Å². The van der Waals surface area contributed by atoms with Crippen LogP contribution in [0, 0.1) is 0 Å². The Morgan fingerprint density at radius 3 is 1.08 bits per heavy atom. The summed E-state index contributed by atoms with van der Waals surface area (Å²) in [6, 6.07) is 4.05. The van der Waals surface area contributed by atoms with Gasteiger partial charge >= 0.3 is 0 Å². The number of benzene rings is 1. The van der Waals surface area contributed by atoms with Crippen molar-refractivity contribution in [3.05, 3.63) is 28.8 Å². The molecule has 0 atom stereocenters. The molecule has 0 aromatic heterocycles. The van der Waals surface area contributed by atoms with E-state index in [4.69, 9.17) is 4.18 Å². The first kappa shape index (κ1) is 49.8. The number of aryl methyl sites for hydroxylation is 1. The number of hydrogen-bond donors (Lipinski definition) is 0. The van der Waals surface area contributed by atoms with Crippen LogP contribution in [0.4, 0.5) is 0 Å². The van der Waals surface area contributed by atoms with Crippen LogP contribution in [-0.2, 0) is 55.3 Å². The molecule has 1 rings (SSSR count). The van der Waals surface area contributed by atoms with Crippen molar-refractivity contribution in [2.75, 3.05) is 0 Å². The Balaban J connectivity index is 0.0000240. The summed E-state index contributed by atoms with van der Waals surface area (Å²) < 4.78 is 32.7. The zero-order chi connectivity index (χ0) is 35.8. The molecule has 0 saturated heterocycles. The van der Waals surface area contributed by atoms with Gasteiger partial charge in [-0.3, -0.25) is 4.18 Å². The van der Waals surface area contributed by atoms with Gasteiger partial charge in [0.1, 0.15) is 0 Å². The van der Waals surface area contributed by atoms with Gasteiger partial charge < -0.3 is 0 Å². The van der Waals surface area contributed by atoms with Gasteiger partial charge in [0.25, 0.3) is 10.1 Å². The van der Waals surface area contributed by atoms with Crippen LogP contribution in [0.15, 0.2) is 17.0 Å². The van der Waals surface area contributed by atoms with Crippen LogP contribution in [0.1, 0.15) is 244 Å². The van der Waals surface area contributed by atoms with Gasteiger partial charge in [-0.05, 0) is 75.1 Å².